The fourth-order valence-corrected chi connectivity index (χ4v) is 8.36. The second kappa shape index (κ2) is 18.0. The van der Waals surface area contributed by atoms with Crippen LogP contribution in [0, 0.1) is 36.5 Å². The van der Waals surface area contributed by atoms with Crippen molar-refractivity contribution in [3.8, 4) is 12.1 Å². The van der Waals surface area contributed by atoms with E-state index in [0.717, 1.165) is 29.0 Å². The maximum Gasteiger partial charge on any atom is 0.0991 e. The fraction of sp³-hybridized carbons (Fsp3) is 0.222. The lowest BCUT2D eigenvalue weighted by molar-refractivity contribution is 0.445. The van der Waals surface area contributed by atoms with Gasteiger partial charge < -0.3 is 4.90 Å². The Labute approximate surface area is 338 Å². The lowest BCUT2D eigenvalue weighted by Crippen LogP contribution is -2.11. The van der Waals surface area contributed by atoms with Gasteiger partial charge in [0.05, 0.1) is 29.0 Å². The number of nitrogens with zero attached hydrogens (tertiary/aromatic N) is 3. The summed E-state index contributed by atoms with van der Waals surface area (Å²) in [5, 5.41) is 26.0. The highest BCUT2D eigenvalue weighted by atomic mass is 15.1. The minimum Gasteiger partial charge on any atom is -0.310 e. The molecule has 282 valence electrons. The predicted molar refractivity (Wildman–Crippen MR) is 241 cm³/mol. The first kappa shape index (κ1) is 38.8. The molecule has 1 saturated carbocycles. The van der Waals surface area contributed by atoms with Crippen LogP contribution in [-0.2, 0) is 0 Å². The molecule has 0 heterocycles. The molecular weight excluding hydrogens is 691 g/mol. The third-order valence-electron chi connectivity index (χ3n) is 11.6. The molecular formula is C54H51N3. The lowest BCUT2D eigenvalue weighted by atomic mass is 9.77. The van der Waals surface area contributed by atoms with Crippen molar-refractivity contribution in [2.45, 2.75) is 78.1 Å². The summed E-state index contributed by atoms with van der Waals surface area (Å²) in [7, 11) is 0. The van der Waals surface area contributed by atoms with Crippen molar-refractivity contribution in [2.75, 3.05) is 4.90 Å². The molecule has 0 spiro atoms. The van der Waals surface area contributed by atoms with Crippen LogP contribution >= 0.6 is 0 Å². The third kappa shape index (κ3) is 8.55. The van der Waals surface area contributed by atoms with Crippen molar-refractivity contribution < 1.29 is 0 Å². The topological polar surface area (TPSA) is 50.8 Å². The van der Waals surface area contributed by atoms with Gasteiger partial charge in [0.15, 0.2) is 0 Å². The highest BCUT2D eigenvalue weighted by molar-refractivity contribution is 6.27. The first-order valence-corrected chi connectivity index (χ1v) is 20.5. The third-order valence-corrected chi connectivity index (χ3v) is 11.6. The molecule has 0 amide bonds. The van der Waals surface area contributed by atoms with Crippen molar-refractivity contribution >= 4 is 49.4 Å². The van der Waals surface area contributed by atoms with Crippen LogP contribution in [0.1, 0.15) is 97.6 Å². The Morgan fingerprint density at radius 2 is 1.12 bits per heavy atom. The molecule has 0 aliphatic heterocycles. The summed E-state index contributed by atoms with van der Waals surface area (Å²) in [5.41, 5.74) is 10.3. The van der Waals surface area contributed by atoms with Gasteiger partial charge in [-0.1, -0.05) is 141 Å². The predicted octanol–water partition coefficient (Wildman–Crippen LogP) is 15.3. The van der Waals surface area contributed by atoms with Gasteiger partial charge in [-0.05, 0) is 138 Å². The van der Waals surface area contributed by atoms with Crippen molar-refractivity contribution in [3.05, 3.63) is 185 Å². The average Bonchev–Trinajstić information content (AvgIpc) is 3.27. The van der Waals surface area contributed by atoms with E-state index in [9.17, 15) is 5.26 Å². The summed E-state index contributed by atoms with van der Waals surface area (Å²) >= 11 is 0. The van der Waals surface area contributed by atoms with Crippen molar-refractivity contribution in [3.63, 3.8) is 0 Å². The van der Waals surface area contributed by atoms with Gasteiger partial charge in [0.25, 0.3) is 0 Å². The number of aryl methyl sites for hydroxylation is 2. The maximum absolute atomic E-state index is 9.43. The van der Waals surface area contributed by atoms with E-state index in [0.29, 0.717) is 17.4 Å². The standard InChI is InChI=1S/C39H36N2.C8H7N.C7H8/c1-3-26(2)35-24-36(28-10-6-4-7-11-28)33-21-22-34-37(23-17-29-16-20-32(35)39(33)38(29)34)41(30-12-8-5-9-13-30)31-18-14-27(25-40)15-19-31;1-7-2-4-8(6-9)5-3-7;1-7-5-3-2-4-6-7/h5,8-9,12-24,26,28H,3-4,6-7,10-11H2,1-2H3;2-5H,1H3;2-6H,1H3. The highest BCUT2D eigenvalue weighted by Crippen LogP contribution is 2.48. The second-order valence-corrected chi connectivity index (χ2v) is 15.5. The van der Waals surface area contributed by atoms with Crippen LogP contribution in [-0.4, -0.2) is 0 Å². The first-order chi connectivity index (χ1) is 27.9. The van der Waals surface area contributed by atoms with E-state index in [1.165, 1.54) is 81.1 Å². The van der Waals surface area contributed by atoms with E-state index in [-0.39, 0.29) is 0 Å². The summed E-state index contributed by atoms with van der Waals surface area (Å²) in [6.45, 7) is 8.79. The number of anilines is 3. The molecule has 8 aromatic carbocycles. The summed E-state index contributed by atoms with van der Waals surface area (Å²) in [4.78, 5) is 2.34. The number of hydrogen-bond acceptors (Lipinski definition) is 3. The molecule has 3 heteroatoms. The smallest absolute Gasteiger partial charge is 0.0991 e. The molecule has 0 saturated heterocycles. The highest BCUT2D eigenvalue weighted by Gasteiger charge is 2.24. The van der Waals surface area contributed by atoms with E-state index in [1.54, 1.807) is 5.56 Å². The van der Waals surface area contributed by atoms with Gasteiger partial charge in [-0.2, -0.15) is 10.5 Å². The van der Waals surface area contributed by atoms with Gasteiger partial charge in [-0.3, -0.25) is 0 Å². The average molecular weight is 742 g/mol. The van der Waals surface area contributed by atoms with Gasteiger partial charge in [0, 0.05) is 16.8 Å². The molecule has 0 aromatic heterocycles. The molecule has 1 atom stereocenters. The Balaban J connectivity index is 0.000000257. The summed E-state index contributed by atoms with van der Waals surface area (Å²) in [6.07, 6.45) is 7.79. The first-order valence-electron chi connectivity index (χ1n) is 20.5. The van der Waals surface area contributed by atoms with E-state index in [2.05, 4.69) is 135 Å². The Morgan fingerprint density at radius 1 is 0.579 bits per heavy atom. The fourth-order valence-electron chi connectivity index (χ4n) is 8.36. The number of nitriles is 2. The summed E-state index contributed by atoms with van der Waals surface area (Å²) < 4.78 is 0. The summed E-state index contributed by atoms with van der Waals surface area (Å²) in [6, 6.07) is 57.2. The Kier molecular flexibility index (Phi) is 12.3. The molecule has 8 aromatic rings. The second-order valence-electron chi connectivity index (χ2n) is 15.5. The SMILES string of the molecule is CCC(C)c1cc(C2CCCCC2)c2ccc3c(N(c4ccccc4)c4ccc(C#N)cc4)ccc4ccc1c2c43.Cc1ccc(C#N)cc1.Cc1ccccc1. The van der Waals surface area contributed by atoms with Crippen LogP contribution in [0.15, 0.2) is 152 Å². The molecule has 0 N–H and O–H groups in total. The van der Waals surface area contributed by atoms with Crippen LogP contribution in [0.2, 0.25) is 0 Å². The molecule has 1 unspecified atom stereocenters. The van der Waals surface area contributed by atoms with Gasteiger partial charge in [0.2, 0.25) is 0 Å². The van der Waals surface area contributed by atoms with Gasteiger partial charge in [-0.25, -0.2) is 0 Å². The molecule has 1 fully saturated rings. The Hall–Kier alpha value is -6.42. The normalized spacial score (nSPS) is 13.2. The van der Waals surface area contributed by atoms with E-state index in [4.69, 9.17) is 5.26 Å². The molecule has 1 aliphatic carbocycles. The zero-order chi connectivity index (χ0) is 39.7. The molecule has 3 nitrogen and oxygen atoms in total. The Bertz CT molecular complexity index is 2620. The maximum atomic E-state index is 9.43. The monoisotopic (exact) mass is 741 g/mol. The molecule has 1 aliphatic rings. The van der Waals surface area contributed by atoms with E-state index in [1.807, 2.05) is 61.5 Å². The van der Waals surface area contributed by atoms with E-state index < -0.39 is 0 Å². The number of rotatable bonds is 6. The number of para-hydroxylation sites is 1. The summed E-state index contributed by atoms with van der Waals surface area (Å²) in [5.74, 6) is 1.16. The lowest BCUT2D eigenvalue weighted by Gasteiger charge is -2.29. The quantitative estimate of drug-likeness (QED) is 0.159. The van der Waals surface area contributed by atoms with E-state index >= 15 is 0 Å². The minimum atomic E-state index is 0.515. The minimum absolute atomic E-state index is 0.515. The molecule has 0 bridgehead atoms. The van der Waals surface area contributed by atoms with Crippen LogP contribution in [0.25, 0.3) is 32.3 Å². The van der Waals surface area contributed by atoms with Gasteiger partial charge >= 0.3 is 0 Å². The molecule has 57 heavy (non-hydrogen) atoms. The van der Waals surface area contributed by atoms with Crippen LogP contribution in [0.4, 0.5) is 17.1 Å². The van der Waals surface area contributed by atoms with Crippen molar-refractivity contribution in [1.82, 2.24) is 0 Å². The zero-order valence-corrected chi connectivity index (χ0v) is 33.7. The van der Waals surface area contributed by atoms with Crippen LogP contribution < -0.4 is 4.90 Å². The zero-order valence-electron chi connectivity index (χ0n) is 33.7. The Morgan fingerprint density at radius 3 is 1.72 bits per heavy atom. The van der Waals surface area contributed by atoms with Crippen LogP contribution in [0.5, 0.6) is 0 Å². The van der Waals surface area contributed by atoms with Crippen molar-refractivity contribution in [2.24, 2.45) is 0 Å². The van der Waals surface area contributed by atoms with Gasteiger partial charge in [-0.15, -0.1) is 0 Å². The number of benzene rings is 8. The largest absolute Gasteiger partial charge is 0.310 e. The van der Waals surface area contributed by atoms with Crippen molar-refractivity contribution in [1.29, 1.82) is 10.5 Å². The van der Waals surface area contributed by atoms with Crippen LogP contribution in [0.3, 0.4) is 0 Å². The number of hydrogen-bond donors (Lipinski definition) is 0. The van der Waals surface area contributed by atoms with Gasteiger partial charge in [0.1, 0.15) is 0 Å². The molecule has 0 radical (unpaired) electrons. The molecule has 9 rings (SSSR count).